The van der Waals surface area contributed by atoms with E-state index >= 15 is 0 Å². The van der Waals surface area contributed by atoms with Gasteiger partial charge in [0.25, 0.3) is 0 Å². The van der Waals surface area contributed by atoms with Gasteiger partial charge in [0, 0.05) is 27.6 Å². The minimum absolute atomic E-state index is 0.599. The molecule has 0 bridgehead atoms. The van der Waals surface area contributed by atoms with E-state index in [-0.39, 0.29) is 0 Å². The third kappa shape index (κ3) is 5.65. The van der Waals surface area contributed by atoms with Crippen molar-refractivity contribution in [2.45, 2.75) is 0 Å². The molecule has 0 saturated heterocycles. The number of benzene rings is 9. The van der Waals surface area contributed by atoms with Crippen LogP contribution in [-0.4, -0.2) is 19.9 Å². The van der Waals surface area contributed by atoms with Gasteiger partial charge in [0.1, 0.15) is 16.7 Å². The summed E-state index contributed by atoms with van der Waals surface area (Å²) in [5.74, 6) is 2.51. The van der Waals surface area contributed by atoms with Crippen LogP contribution in [0.3, 0.4) is 0 Å². The molecule has 0 atom stereocenters. The van der Waals surface area contributed by atoms with Crippen LogP contribution >= 0.6 is 0 Å². The molecular formula is C54H32N4O2. The van der Waals surface area contributed by atoms with Gasteiger partial charge in [-0.05, 0) is 74.1 Å². The van der Waals surface area contributed by atoms with Crippen LogP contribution in [0.15, 0.2) is 203 Å². The summed E-state index contributed by atoms with van der Waals surface area (Å²) in [5, 5.41) is 6.53. The van der Waals surface area contributed by atoms with Gasteiger partial charge >= 0.3 is 0 Å². The standard InChI is InChI=1S/C54H32N4O2/c1-3-13-35(14-4-1)51-56-52(36-15-5-2-6-16-36)58-53(57-51)37-24-22-34(23-25-37)40-28-29-41(43-20-10-9-19-42(40)43)38-26-27-45-48(32-38)59-46-30-31-47-50(49(45)46)55-54(60-47)44-21-11-17-33-12-7-8-18-39(33)44/h1-32H. The Morgan fingerprint density at radius 1 is 0.300 bits per heavy atom. The van der Waals surface area contributed by atoms with E-state index in [4.69, 9.17) is 28.8 Å². The first-order valence-electron chi connectivity index (χ1n) is 20.0. The summed E-state index contributed by atoms with van der Waals surface area (Å²) in [5.41, 5.74) is 11.3. The Hall–Kier alpha value is -8.22. The van der Waals surface area contributed by atoms with Crippen molar-refractivity contribution in [2.24, 2.45) is 0 Å². The lowest BCUT2D eigenvalue weighted by Crippen LogP contribution is -2.00. The number of nitrogens with zero attached hydrogens (tertiary/aromatic N) is 4. The van der Waals surface area contributed by atoms with Crippen molar-refractivity contribution in [2.75, 3.05) is 0 Å². The average Bonchev–Trinajstić information content (AvgIpc) is 3.93. The summed E-state index contributed by atoms with van der Waals surface area (Å²) >= 11 is 0. The van der Waals surface area contributed by atoms with E-state index in [2.05, 4.69) is 103 Å². The molecule has 6 heteroatoms. The van der Waals surface area contributed by atoms with Gasteiger partial charge in [-0.15, -0.1) is 0 Å². The van der Waals surface area contributed by atoms with Crippen molar-refractivity contribution in [1.82, 2.24) is 19.9 Å². The Morgan fingerprint density at radius 2 is 0.833 bits per heavy atom. The highest BCUT2D eigenvalue weighted by Gasteiger charge is 2.19. The smallest absolute Gasteiger partial charge is 0.227 e. The first kappa shape index (κ1) is 33.9. The zero-order chi connectivity index (χ0) is 39.6. The van der Waals surface area contributed by atoms with Crippen molar-refractivity contribution in [3.63, 3.8) is 0 Å². The molecule has 0 N–H and O–H groups in total. The van der Waals surface area contributed by atoms with Crippen LogP contribution in [0.25, 0.3) is 122 Å². The van der Waals surface area contributed by atoms with Gasteiger partial charge < -0.3 is 8.83 Å². The van der Waals surface area contributed by atoms with E-state index in [1.807, 2.05) is 91.0 Å². The van der Waals surface area contributed by atoms with Crippen LogP contribution in [0, 0.1) is 0 Å². The van der Waals surface area contributed by atoms with Gasteiger partial charge in [0.05, 0.1) is 5.39 Å². The number of hydrogen-bond donors (Lipinski definition) is 0. The molecule has 280 valence electrons. The molecule has 60 heavy (non-hydrogen) atoms. The van der Waals surface area contributed by atoms with Crippen LogP contribution in [-0.2, 0) is 0 Å². The van der Waals surface area contributed by atoms with E-state index < -0.39 is 0 Å². The lowest BCUT2D eigenvalue weighted by atomic mass is 9.91. The molecule has 12 aromatic rings. The lowest BCUT2D eigenvalue weighted by Gasteiger charge is -2.13. The highest BCUT2D eigenvalue weighted by Crippen LogP contribution is 2.41. The molecule has 0 aliphatic heterocycles. The molecule has 9 aromatic carbocycles. The summed E-state index contributed by atoms with van der Waals surface area (Å²) in [6.07, 6.45) is 0. The first-order valence-corrected chi connectivity index (χ1v) is 20.0. The van der Waals surface area contributed by atoms with Crippen molar-refractivity contribution in [3.05, 3.63) is 194 Å². The third-order valence-corrected chi connectivity index (χ3v) is 11.4. The van der Waals surface area contributed by atoms with Crippen LogP contribution in [0.1, 0.15) is 0 Å². The predicted molar refractivity (Wildman–Crippen MR) is 242 cm³/mol. The van der Waals surface area contributed by atoms with E-state index in [0.717, 1.165) is 99.1 Å². The average molecular weight is 769 g/mol. The Bertz CT molecular complexity index is 3530. The number of rotatable bonds is 6. The molecular weight excluding hydrogens is 737 g/mol. The topological polar surface area (TPSA) is 77.8 Å². The Morgan fingerprint density at radius 3 is 1.52 bits per heavy atom. The first-order chi connectivity index (χ1) is 29.7. The monoisotopic (exact) mass is 768 g/mol. The minimum atomic E-state index is 0.599. The quantitative estimate of drug-likeness (QED) is 0.168. The van der Waals surface area contributed by atoms with Crippen LogP contribution < -0.4 is 0 Å². The lowest BCUT2D eigenvalue weighted by molar-refractivity contribution is 0.620. The molecule has 0 saturated carbocycles. The van der Waals surface area contributed by atoms with Crippen LogP contribution in [0.4, 0.5) is 0 Å². The van der Waals surface area contributed by atoms with Crippen molar-refractivity contribution in [3.8, 4) is 67.9 Å². The molecule has 0 fully saturated rings. The highest BCUT2D eigenvalue weighted by molar-refractivity contribution is 6.18. The number of aromatic nitrogens is 4. The molecule has 0 aliphatic carbocycles. The van der Waals surface area contributed by atoms with Gasteiger partial charge in [-0.3, -0.25) is 0 Å². The Balaban J connectivity index is 0.910. The molecule has 3 aromatic heterocycles. The maximum atomic E-state index is 6.53. The summed E-state index contributed by atoms with van der Waals surface area (Å²) in [7, 11) is 0. The second-order valence-corrected chi connectivity index (χ2v) is 15.0. The second kappa shape index (κ2) is 13.7. The highest BCUT2D eigenvalue weighted by atomic mass is 16.4. The second-order valence-electron chi connectivity index (χ2n) is 15.0. The van der Waals surface area contributed by atoms with Crippen molar-refractivity contribution in [1.29, 1.82) is 0 Å². The number of hydrogen-bond acceptors (Lipinski definition) is 6. The molecule has 0 unspecified atom stereocenters. The fraction of sp³-hybridized carbons (Fsp3) is 0. The molecule has 0 amide bonds. The van der Waals surface area contributed by atoms with E-state index in [1.165, 1.54) is 0 Å². The SMILES string of the molecule is c1ccc(-c2nc(-c3ccccc3)nc(-c3ccc(-c4ccc(-c5ccc6c(c5)oc5ccc7oc(-c8cccc9ccccc89)nc7c56)c5ccccc45)cc3)n2)cc1. The van der Waals surface area contributed by atoms with Gasteiger partial charge in [0.2, 0.25) is 5.89 Å². The summed E-state index contributed by atoms with van der Waals surface area (Å²) < 4.78 is 12.9. The fourth-order valence-electron chi connectivity index (χ4n) is 8.49. The molecule has 0 radical (unpaired) electrons. The molecule has 0 aliphatic rings. The van der Waals surface area contributed by atoms with Crippen LogP contribution in [0.2, 0.25) is 0 Å². The maximum Gasteiger partial charge on any atom is 0.227 e. The van der Waals surface area contributed by atoms with E-state index in [0.29, 0.717) is 23.4 Å². The zero-order valence-corrected chi connectivity index (χ0v) is 32.1. The zero-order valence-electron chi connectivity index (χ0n) is 32.1. The number of fused-ring (bicyclic) bond motifs is 7. The largest absolute Gasteiger partial charge is 0.456 e. The number of furan rings is 1. The van der Waals surface area contributed by atoms with E-state index in [9.17, 15) is 0 Å². The van der Waals surface area contributed by atoms with Crippen molar-refractivity contribution < 1.29 is 8.83 Å². The van der Waals surface area contributed by atoms with E-state index in [1.54, 1.807) is 0 Å². The summed E-state index contributed by atoms with van der Waals surface area (Å²) in [4.78, 5) is 19.8. The molecule has 6 nitrogen and oxygen atoms in total. The van der Waals surface area contributed by atoms with Gasteiger partial charge in [-0.1, -0.05) is 164 Å². The van der Waals surface area contributed by atoms with Crippen LogP contribution in [0.5, 0.6) is 0 Å². The van der Waals surface area contributed by atoms with Gasteiger partial charge in [-0.25, -0.2) is 19.9 Å². The third-order valence-electron chi connectivity index (χ3n) is 11.4. The van der Waals surface area contributed by atoms with Gasteiger partial charge in [0.15, 0.2) is 23.1 Å². The molecule has 3 heterocycles. The Labute approximate surface area is 344 Å². The molecule has 0 spiro atoms. The maximum absolute atomic E-state index is 6.53. The van der Waals surface area contributed by atoms with Gasteiger partial charge in [-0.2, -0.15) is 0 Å². The predicted octanol–water partition coefficient (Wildman–Crippen LogP) is 14.2. The minimum Gasteiger partial charge on any atom is -0.456 e. The normalized spacial score (nSPS) is 11.7. The van der Waals surface area contributed by atoms with Crippen molar-refractivity contribution >= 4 is 54.6 Å². The number of oxazole rings is 1. The Kier molecular flexibility index (Phi) is 7.74. The summed E-state index contributed by atoms with van der Waals surface area (Å²) in [6.45, 7) is 0. The fourth-order valence-corrected chi connectivity index (χ4v) is 8.49. The molecule has 12 rings (SSSR count). The summed E-state index contributed by atoms with van der Waals surface area (Å²) in [6, 6.07) is 66.6.